The van der Waals surface area contributed by atoms with Gasteiger partial charge in [0.25, 0.3) is 0 Å². The fraction of sp³-hybridized carbons (Fsp3) is 0.200. The normalized spacial score (nSPS) is 12.6. The Bertz CT molecular complexity index is 1010. The molecule has 3 rings (SSSR count). The number of hydrogen-bond acceptors (Lipinski definition) is 3. The molecule has 26 heavy (non-hydrogen) atoms. The van der Waals surface area contributed by atoms with Gasteiger partial charge in [-0.05, 0) is 41.3 Å². The molecule has 1 heterocycles. The molecule has 0 aliphatic rings. The van der Waals surface area contributed by atoms with Gasteiger partial charge in [-0.25, -0.2) is 4.98 Å². The summed E-state index contributed by atoms with van der Waals surface area (Å²) in [6, 6.07) is 13.4. The van der Waals surface area contributed by atoms with E-state index in [9.17, 15) is 18.4 Å². The quantitative estimate of drug-likeness (QED) is 0.492. The van der Waals surface area contributed by atoms with E-state index in [1.165, 1.54) is 23.0 Å². The molecule has 0 N–H and O–H groups in total. The molecule has 0 fully saturated rings. The zero-order valence-electron chi connectivity index (χ0n) is 14.1. The highest BCUT2D eigenvalue weighted by Crippen LogP contribution is 2.34. The SMILES string of the molecule is CC(C)c1ccc(C=C(C#N)c2nc3cc(C(F)(F)F)ccc3s2)cc1. The molecule has 2 aromatic carbocycles. The molecule has 0 aliphatic carbocycles. The first kappa shape index (κ1) is 18.2. The van der Waals surface area contributed by atoms with Crippen molar-refractivity contribution in [3.05, 3.63) is 64.2 Å². The van der Waals surface area contributed by atoms with E-state index in [1.54, 1.807) is 6.08 Å². The van der Waals surface area contributed by atoms with E-state index < -0.39 is 11.7 Å². The number of rotatable bonds is 3. The van der Waals surface area contributed by atoms with E-state index in [1.807, 2.05) is 24.3 Å². The first-order chi connectivity index (χ1) is 12.3. The van der Waals surface area contributed by atoms with Crippen molar-refractivity contribution in [2.45, 2.75) is 25.9 Å². The topological polar surface area (TPSA) is 36.7 Å². The largest absolute Gasteiger partial charge is 0.416 e. The van der Waals surface area contributed by atoms with Crippen LogP contribution in [0.15, 0.2) is 42.5 Å². The van der Waals surface area contributed by atoms with Crippen LogP contribution in [0.4, 0.5) is 13.2 Å². The van der Waals surface area contributed by atoms with E-state index in [0.29, 0.717) is 21.2 Å². The van der Waals surface area contributed by atoms with Crippen LogP contribution < -0.4 is 0 Å². The Morgan fingerprint density at radius 1 is 1.15 bits per heavy atom. The molecule has 0 radical (unpaired) electrons. The summed E-state index contributed by atoms with van der Waals surface area (Å²) in [7, 11) is 0. The summed E-state index contributed by atoms with van der Waals surface area (Å²) in [5.41, 5.74) is 1.88. The number of allylic oxidation sites excluding steroid dienone is 1. The maximum absolute atomic E-state index is 12.8. The standard InChI is InChI=1S/C20H15F3N2S/c1-12(2)14-5-3-13(4-6-14)9-15(11-24)19-25-17-10-16(20(21,22)23)7-8-18(17)26-19/h3-10,12H,1-2H3. The number of fused-ring (bicyclic) bond motifs is 1. The molecule has 0 spiro atoms. The van der Waals surface area contributed by atoms with Crippen LogP contribution in [0, 0.1) is 11.3 Å². The van der Waals surface area contributed by atoms with Gasteiger partial charge in [-0.3, -0.25) is 0 Å². The molecule has 6 heteroatoms. The fourth-order valence-corrected chi connectivity index (χ4v) is 3.42. The van der Waals surface area contributed by atoms with E-state index in [4.69, 9.17) is 0 Å². The predicted octanol–water partition coefficient (Wildman–Crippen LogP) is 6.50. The zero-order chi connectivity index (χ0) is 18.9. The third-order valence-corrected chi connectivity index (χ3v) is 5.05. The third-order valence-electron chi connectivity index (χ3n) is 3.98. The minimum Gasteiger partial charge on any atom is -0.235 e. The maximum Gasteiger partial charge on any atom is 0.416 e. The summed E-state index contributed by atoms with van der Waals surface area (Å²) in [6.07, 6.45) is -2.71. The molecule has 2 nitrogen and oxygen atoms in total. The average molecular weight is 372 g/mol. The summed E-state index contributed by atoms with van der Waals surface area (Å²) in [5.74, 6) is 0.413. The predicted molar refractivity (Wildman–Crippen MR) is 98.6 cm³/mol. The molecule has 0 unspecified atom stereocenters. The van der Waals surface area contributed by atoms with Crippen LogP contribution in [0.1, 0.15) is 41.5 Å². The minimum absolute atomic E-state index is 0.246. The highest BCUT2D eigenvalue weighted by atomic mass is 32.1. The van der Waals surface area contributed by atoms with E-state index >= 15 is 0 Å². The van der Waals surface area contributed by atoms with Crippen LogP contribution in [-0.2, 0) is 6.18 Å². The summed E-state index contributed by atoms with van der Waals surface area (Å²) in [4.78, 5) is 4.23. The van der Waals surface area contributed by atoms with Crippen molar-refractivity contribution in [2.75, 3.05) is 0 Å². The van der Waals surface area contributed by atoms with Crippen LogP contribution in [0.2, 0.25) is 0 Å². The lowest BCUT2D eigenvalue weighted by Gasteiger charge is -2.05. The molecule has 0 amide bonds. The van der Waals surface area contributed by atoms with Gasteiger partial charge in [0.15, 0.2) is 0 Å². The molecule has 0 atom stereocenters. The van der Waals surface area contributed by atoms with Crippen molar-refractivity contribution in [1.82, 2.24) is 4.98 Å². The van der Waals surface area contributed by atoms with Crippen LogP contribution in [0.3, 0.4) is 0 Å². The van der Waals surface area contributed by atoms with Gasteiger partial charge in [-0.1, -0.05) is 38.1 Å². The van der Waals surface area contributed by atoms with Gasteiger partial charge in [0, 0.05) is 0 Å². The summed E-state index contributed by atoms with van der Waals surface area (Å²) >= 11 is 1.21. The Kier molecular flexibility index (Phi) is 4.84. The Labute approximate surface area is 153 Å². The fourth-order valence-electron chi connectivity index (χ4n) is 2.50. The maximum atomic E-state index is 12.8. The molecule has 0 saturated heterocycles. The Hall–Kier alpha value is -2.65. The van der Waals surface area contributed by atoms with Crippen LogP contribution >= 0.6 is 11.3 Å². The van der Waals surface area contributed by atoms with Crippen molar-refractivity contribution in [2.24, 2.45) is 0 Å². The molecule has 0 bridgehead atoms. The average Bonchev–Trinajstić information content (AvgIpc) is 3.02. The lowest BCUT2D eigenvalue weighted by atomic mass is 10.0. The first-order valence-corrected chi connectivity index (χ1v) is 8.79. The van der Waals surface area contributed by atoms with E-state index in [-0.39, 0.29) is 5.52 Å². The monoisotopic (exact) mass is 372 g/mol. The van der Waals surface area contributed by atoms with Crippen LogP contribution in [0.25, 0.3) is 21.9 Å². The van der Waals surface area contributed by atoms with Crippen LogP contribution in [0.5, 0.6) is 0 Å². The Morgan fingerprint density at radius 3 is 2.42 bits per heavy atom. The third kappa shape index (κ3) is 3.78. The lowest BCUT2D eigenvalue weighted by Crippen LogP contribution is -2.03. The first-order valence-electron chi connectivity index (χ1n) is 7.98. The van der Waals surface area contributed by atoms with Crippen molar-refractivity contribution in [3.63, 3.8) is 0 Å². The highest BCUT2D eigenvalue weighted by Gasteiger charge is 2.30. The van der Waals surface area contributed by atoms with Gasteiger partial charge >= 0.3 is 6.18 Å². The Morgan fingerprint density at radius 2 is 1.85 bits per heavy atom. The molecular formula is C20H15F3N2S. The van der Waals surface area contributed by atoms with Gasteiger partial charge < -0.3 is 0 Å². The van der Waals surface area contributed by atoms with Gasteiger partial charge in [-0.2, -0.15) is 18.4 Å². The second kappa shape index (κ2) is 6.93. The number of benzene rings is 2. The minimum atomic E-state index is -4.41. The number of nitriles is 1. The number of alkyl halides is 3. The second-order valence-corrected chi connectivity index (χ2v) is 7.22. The van der Waals surface area contributed by atoms with Crippen molar-refractivity contribution in [1.29, 1.82) is 5.26 Å². The molecule has 1 aromatic heterocycles. The summed E-state index contributed by atoms with van der Waals surface area (Å²) in [6.45, 7) is 4.20. The Balaban J connectivity index is 1.98. The molecule has 0 aliphatic heterocycles. The van der Waals surface area contributed by atoms with Gasteiger partial charge in [0.1, 0.15) is 11.1 Å². The smallest absolute Gasteiger partial charge is 0.235 e. The van der Waals surface area contributed by atoms with E-state index in [2.05, 4.69) is 24.9 Å². The van der Waals surface area contributed by atoms with Crippen molar-refractivity contribution < 1.29 is 13.2 Å². The van der Waals surface area contributed by atoms with Crippen molar-refractivity contribution in [3.8, 4) is 6.07 Å². The summed E-state index contributed by atoms with van der Waals surface area (Å²) in [5, 5.41) is 9.87. The molecule has 0 saturated carbocycles. The van der Waals surface area contributed by atoms with Crippen LogP contribution in [-0.4, -0.2) is 4.98 Å². The van der Waals surface area contributed by atoms with Gasteiger partial charge in [0.05, 0.1) is 21.4 Å². The lowest BCUT2D eigenvalue weighted by molar-refractivity contribution is -0.137. The number of thiazole rings is 1. The number of halogens is 3. The number of nitrogens with zero attached hydrogens (tertiary/aromatic N) is 2. The molecule has 3 aromatic rings. The summed E-state index contributed by atoms with van der Waals surface area (Å²) < 4.78 is 39.1. The van der Waals surface area contributed by atoms with Gasteiger partial charge in [0.2, 0.25) is 0 Å². The second-order valence-electron chi connectivity index (χ2n) is 6.19. The van der Waals surface area contributed by atoms with Gasteiger partial charge in [-0.15, -0.1) is 11.3 Å². The van der Waals surface area contributed by atoms with Crippen molar-refractivity contribution >= 4 is 33.2 Å². The zero-order valence-corrected chi connectivity index (χ0v) is 14.9. The molecular weight excluding hydrogens is 357 g/mol. The van der Waals surface area contributed by atoms with E-state index in [0.717, 1.165) is 17.7 Å². The number of hydrogen-bond donors (Lipinski definition) is 0. The molecule has 132 valence electrons. The number of aromatic nitrogens is 1. The highest BCUT2D eigenvalue weighted by molar-refractivity contribution is 7.19.